The molecule has 0 amide bonds. The van der Waals surface area contributed by atoms with Gasteiger partial charge in [-0.1, -0.05) is 12.1 Å². The molecule has 0 aliphatic rings. The Morgan fingerprint density at radius 3 is 2.24 bits per heavy atom. The minimum absolute atomic E-state index is 0.00475. The van der Waals surface area contributed by atoms with Crippen LogP contribution in [0.1, 0.15) is 28.3 Å². The van der Waals surface area contributed by atoms with Gasteiger partial charge in [0.25, 0.3) is 0 Å². The largest absolute Gasteiger partial charge is 0.395 e. The van der Waals surface area contributed by atoms with E-state index in [0.29, 0.717) is 0 Å². The van der Waals surface area contributed by atoms with Gasteiger partial charge in [0.05, 0.1) is 12.6 Å². The van der Waals surface area contributed by atoms with Gasteiger partial charge in [0, 0.05) is 6.04 Å². The number of nitrogens with zero attached hydrogens (tertiary/aromatic N) is 1. The third-order valence-electron chi connectivity index (χ3n) is 3.59. The zero-order valence-electron chi connectivity index (χ0n) is 11.5. The van der Waals surface area contributed by atoms with Crippen LogP contribution in [0.4, 0.5) is 0 Å². The highest BCUT2D eigenvalue weighted by Crippen LogP contribution is 2.27. The smallest absolute Gasteiger partial charge is 0.0601 e. The van der Waals surface area contributed by atoms with Gasteiger partial charge >= 0.3 is 0 Å². The average molecular weight is 236 g/mol. The summed E-state index contributed by atoms with van der Waals surface area (Å²) in [4.78, 5) is 2.07. The molecule has 2 unspecified atom stereocenters. The second-order valence-corrected chi connectivity index (χ2v) is 4.98. The van der Waals surface area contributed by atoms with E-state index in [2.05, 4.69) is 37.8 Å². The number of aliphatic hydroxyl groups is 1. The van der Waals surface area contributed by atoms with Gasteiger partial charge in [-0.2, -0.15) is 0 Å². The van der Waals surface area contributed by atoms with Gasteiger partial charge in [0.15, 0.2) is 0 Å². The number of nitrogens with two attached hydrogens (primary N) is 1. The summed E-state index contributed by atoms with van der Waals surface area (Å²) in [6, 6.07) is 4.04. The summed E-state index contributed by atoms with van der Waals surface area (Å²) in [7, 11) is 3.99. The van der Waals surface area contributed by atoms with Crippen LogP contribution < -0.4 is 5.73 Å². The number of hydrogen-bond acceptors (Lipinski definition) is 3. The second-order valence-electron chi connectivity index (χ2n) is 4.98. The molecule has 3 N–H and O–H groups in total. The third-order valence-corrected chi connectivity index (χ3v) is 3.59. The SMILES string of the molecule is Cc1ccc(C(C(N)CO)N(C)C)c(C)c1C. The van der Waals surface area contributed by atoms with E-state index in [1.165, 1.54) is 22.3 Å². The van der Waals surface area contributed by atoms with Crippen molar-refractivity contribution in [2.75, 3.05) is 20.7 Å². The molecule has 0 saturated heterocycles. The molecule has 3 heteroatoms. The van der Waals surface area contributed by atoms with Gasteiger partial charge in [-0.3, -0.25) is 0 Å². The summed E-state index contributed by atoms with van der Waals surface area (Å²) in [5.41, 5.74) is 11.1. The van der Waals surface area contributed by atoms with Crippen LogP contribution in [-0.2, 0) is 0 Å². The van der Waals surface area contributed by atoms with Crippen molar-refractivity contribution < 1.29 is 5.11 Å². The molecule has 1 rings (SSSR count). The third kappa shape index (κ3) is 2.86. The summed E-state index contributed by atoms with van der Waals surface area (Å²) in [5, 5.41) is 9.28. The fourth-order valence-corrected chi connectivity index (χ4v) is 2.29. The molecule has 0 spiro atoms. The molecule has 1 aromatic carbocycles. The van der Waals surface area contributed by atoms with E-state index in [0.717, 1.165) is 0 Å². The maximum atomic E-state index is 9.28. The fourth-order valence-electron chi connectivity index (χ4n) is 2.29. The molecule has 3 nitrogen and oxygen atoms in total. The monoisotopic (exact) mass is 236 g/mol. The number of likely N-dealkylation sites (N-methyl/N-ethyl adjacent to an activating group) is 1. The van der Waals surface area contributed by atoms with Crippen LogP contribution in [0.3, 0.4) is 0 Å². The molecule has 0 bridgehead atoms. The Morgan fingerprint density at radius 1 is 1.18 bits per heavy atom. The minimum atomic E-state index is -0.259. The quantitative estimate of drug-likeness (QED) is 0.833. The van der Waals surface area contributed by atoms with Crippen molar-refractivity contribution in [3.63, 3.8) is 0 Å². The van der Waals surface area contributed by atoms with Crippen LogP contribution in [0.25, 0.3) is 0 Å². The predicted octanol–water partition coefficient (Wildman–Crippen LogP) is 1.53. The van der Waals surface area contributed by atoms with Gasteiger partial charge < -0.3 is 15.7 Å². The zero-order valence-corrected chi connectivity index (χ0v) is 11.5. The molecule has 0 radical (unpaired) electrons. The van der Waals surface area contributed by atoms with Crippen molar-refractivity contribution in [2.45, 2.75) is 32.9 Å². The first-order chi connectivity index (χ1) is 7.90. The van der Waals surface area contributed by atoms with Gasteiger partial charge in [0.1, 0.15) is 0 Å². The summed E-state index contributed by atoms with van der Waals surface area (Å²) >= 11 is 0. The summed E-state index contributed by atoms with van der Waals surface area (Å²) in [6.45, 7) is 6.36. The van der Waals surface area contributed by atoms with E-state index < -0.39 is 0 Å². The number of aliphatic hydroxyl groups excluding tert-OH is 1. The molecule has 0 aliphatic carbocycles. The van der Waals surface area contributed by atoms with E-state index in [-0.39, 0.29) is 18.7 Å². The van der Waals surface area contributed by atoms with Crippen LogP contribution in [0.15, 0.2) is 12.1 Å². The van der Waals surface area contributed by atoms with Crippen LogP contribution in [0.2, 0.25) is 0 Å². The first-order valence-corrected chi connectivity index (χ1v) is 5.99. The highest BCUT2D eigenvalue weighted by Gasteiger charge is 2.23. The Morgan fingerprint density at radius 2 is 1.76 bits per heavy atom. The Hall–Kier alpha value is -0.900. The van der Waals surface area contributed by atoms with Crippen molar-refractivity contribution in [3.05, 3.63) is 34.4 Å². The first kappa shape index (κ1) is 14.2. The Labute approximate surface area is 104 Å². The second kappa shape index (κ2) is 5.63. The lowest BCUT2D eigenvalue weighted by atomic mass is 9.90. The summed E-state index contributed by atoms with van der Waals surface area (Å²) < 4.78 is 0. The summed E-state index contributed by atoms with van der Waals surface area (Å²) in [5.74, 6) is 0. The number of aryl methyl sites for hydroxylation is 1. The molecule has 1 aromatic rings. The molecule has 0 aromatic heterocycles. The van der Waals surface area contributed by atoms with Gasteiger partial charge in [-0.25, -0.2) is 0 Å². The topological polar surface area (TPSA) is 49.5 Å². The lowest BCUT2D eigenvalue weighted by Crippen LogP contribution is -2.40. The Kier molecular flexibility index (Phi) is 4.69. The minimum Gasteiger partial charge on any atom is -0.395 e. The van der Waals surface area contributed by atoms with E-state index in [4.69, 9.17) is 5.73 Å². The van der Waals surface area contributed by atoms with Crippen molar-refractivity contribution in [1.82, 2.24) is 4.90 Å². The number of benzene rings is 1. The van der Waals surface area contributed by atoms with Crippen molar-refractivity contribution >= 4 is 0 Å². The maximum Gasteiger partial charge on any atom is 0.0601 e. The standard InChI is InChI=1S/C14H24N2O/c1-9-6-7-12(11(3)10(9)2)14(16(4)5)13(15)8-17/h6-7,13-14,17H,8,15H2,1-5H3. The van der Waals surface area contributed by atoms with E-state index in [1.807, 2.05) is 14.1 Å². The molecular weight excluding hydrogens is 212 g/mol. The Balaban J connectivity index is 3.24. The number of rotatable bonds is 4. The highest BCUT2D eigenvalue weighted by molar-refractivity contribution is 5.40. The zero-order chi connectivity index (χ0) is 13.2. The van der Waals surface area contributed by atoms with Crippen molar-refractivity contribution in [3.8, 4) is 0 Å². The molecule has 96 valence electrons. The predicted molar refractivity (Wildman–Crippen MR) is 72.1 cm³/mol. The molecule has 0 saturated carbocycles. The average Bonchev–Trinajstić information content (AvgIpc) is 2.28. The molecule has 17 heavy (non-hydrogen) atoms. The number of hydrogen-bond donors (Lipinski definition) is 2. The lowest BCUT2D eigenvalue weighted by molar-refractivity contribution is 0.181. The van der Waals surface area contributed by atoms with Crippen molar-refractivity contribution in [2.24, 2.45) is 5.73 Å². The first-order valence-electron chi connectivity index (χ1n) is 5.99. The summed E-state index contributed by atoms with van der Waals surface area (Å²) in [6.07, 6.45) is 0. The molecule has 0 aliphatic heterocycles. The van der Waals surface area contributed by atoms with Gasteiger partial charge in [-0.15, -0.1) is 0 Å². The molecular formula is C14H24N2O. The van der Waals surface area contributed by atoms with E-state index >= 15 is 0 Å². The van der Waals surface area contributed by atoms with Crippen LogP contribution in [0.5, 0.6) is 0 Å². The highest BCUT2D eigenvalue weighted by atomic mass is 16.3. The lowest BCUT2D eigenvalue weighted by Gasteiger charge is -2.31. The van der Waals surface area contributed by atoms with Gasteiger partial charge in [-0.05, 0) is 57.1 Å². The fraction of sp³-hybridized carbons (Fsp3) is 0.571. The molecule has 0 heterocycles. The van der Waals surface area contributed by atoms with Crippen molar-refractivity contribution in [1.29, 1.82) is 0 Å². The molecule has 0 fully saturated rings. The van der Waals surface area contributed by atoms with E-state index in [9.17, 15) is 5.11 Å². The van der Waals surface area contributed by atoms with Gasteiger partial charge in [0.2, 0.25) is 0 Å². The molecule has 2 atom stereocenters. The van der Waals surface area contributed by atoms with Crippen LogP contribution in [-0.4, -0.2) is 36.8 Å². The maximum absolute atomic E-state index is 9.28. The van der Waals surface area contributed by atoms with E-state index in [1.54, 1.807) is 0 Å². The Bertz CT molecular complexity index is 388. The normalized spacial score (nSPS) is 15.1. The van der Waals surface area contributed by atoms with Crippen LogP contribution >= 0.6 is 0 Å². The van der Waals surface area contributed by atoms with Crippen LogP contribution in [0, 0.1) is 20.8 Å².